The van der Waals surface area contributed by atoms with Gasteiger partial charge in [0.25, 0.3) is 5.91 Å². The Morgan fingerprint density at radius 1 is 1.30 bits per heavy atom. The van der Waals surface area contributed by atoms with E-state index in [2.05, 4.69) is 26.4 Å². The highest BCUT2D eigenvalue weighted by Gasteiger charge is 2.17. The summed E-state index contributed by atoms with van der Waals surface area (Å²) in [6.07, 6.45) is 0. The monoisotopic (exact) mass is 328 g/mol. The van der Waals surface area contributed by atoms with Crippen molar-refractivity contribution in [1.29, 1.82) is 0 Å². The zero-order valence-corrected chi connectivity index (χ0v) is 14.6. The maximum absolute atomic E-state index is 12.6. The van der Waals surface area contributed by atoms with Crippen LogP contribution in [0.2, 0.25) is 0 Å². The van der Waals surface area contributed by atoms with Crippen molar-refractivity contribution in [2.45, 2.75) is 27.3 Å². The van der Waals surface area contributed by atoms with Gasteiger partial charge in [0.1, 0.15) is 5.82 Å². The molecule has 0 unspecified atom stereocenters. The van der Waals surface area contributed by atoms with Gasteiger partial charge in [-0.1, -0.05) is 6.07 Å². The third-order valence-corrected chi connectivity index (χ3v) is 4.82. The Morgan fingerprint density at radius 3 is 2.70 bits per heavy atom. The number of rotatable bonds is 4. The maximum atomic E-state index is 12.6. The molecule has 3 aromatic heterocycles. The van der Waals surface area contributed by atoms with Crippen LogP contribution < -0.4 is 5.32 Å². The lowest BCUT2D eigenvalue weighted by molar-refractivity contribution is 0.102. The Morgan fingerprint density at radius 2 is 2.09 bits per heavy atom. The molecule has 0 radical (unpaired) electrons. The van der Waals surface area contributed by atoms with Gasteiger partial charge in [-0.15, -0.1) is 11.3 Å². The maximum Gasteiger partial charge on any atom is 0.258 e. The minimum absolute atomic E-state index is 0.0986. The second-order valence-corrected chi connectivity index (χ2v) is 6.73. The van der Waals surface area contributed by atoms with Crippen LogP contribution in [0.3, 0.4) is 0 Å². The smallest absolute Gasteiger partial charge is 0.258 e. The van der Waals surface area contributed by atoms with Crippen LogP contribution in [0, 0.1) is 20.8 Å². The van der Waals surface area contributed by atoms with Gasteiger partial charge in [-0.3, -0.25) is 9.48 Å². The topological polar surface area (TPSA) is 51.9 Å². The largest absolute Gasteiger partial charge is 0.343 e. The molecule has 0 atom stereocenters. The second-order valence-electron chi connectivity index (χ2n) is 5.70. The van der Waals surface area contributed by atoms with Crippen molar-refractivity contribution in [1.82, 2.24) is 14.3 Å². The van der Waals surface area contributed by atoms with Gasteiger partial charge >= 0.3 is 0 Å². The van der Waals surface area contributed by atoms with E-state index in [0.717, 1.165) is 23.6 Å². The van der Waals surface area contributed by atoms with E-state index in [4.69, 9.17) is 0 Å². The summed E-state index contributed by atoms with van der Waals surface area (Å²) >= 11 is 1.73. The Kier molecular flexibility index (Phi) is 4.09. The quantitative estimate of drug-likeness (QED) is 0.797. The second kappa shape index (κ2) is 6.04. The number of nitrogens with zero attached hydrogens (tertiary/aromatic N) is 3. The fourth-order valence-electron chi connectivity index (χ4n) is 2.74. The molecule has 0 spiro atoms. The van der Waals surface area contributed by atoms with Crippen molar-refractivity contribution < 1.29 is 4.79 Å². The lowest BCUT2D eigenvalue weighted by atomic mass is 10.2. The van der Waals surface area contributed by atoms with Crippen molar-refractivity contribution in [2.75, 3.05) is 5.32 Å². The van der Waals surface area contributed by atoms with E-state index in [-0.39, 0.29) is 5.91 Å². The Balaban J connectivity index is 1.85. The summed E-state index contributed by atoms with van der Waals surface area (Å²) in [5, 5.41) is 9.26. The minimum Gasteiger partial charge on any atom is -0.343 e. The molecular formula is C17H20N4OS. The SMILES string of the molecule is Cc1cc(NC(=O)c2cc(C)n(Cc3cccs3)c2C)n(C)n1. The molecule has 120 valence electrons. The third-order valence-electron chi connectivity index (χ3n) is 3.96. The van der Waals surface area contributed by atoms with Gasteiger partial charge in [0.2, 0.25) is 0 Å². The molecular weight excluding hydrogens is 308 g/mol. The third kappa shape index (κ3) is 3.07. The molecule has 1 amide bonds. The summed E-state index contributed by atoms with van der Waals surface area (Å²) in [7, 11) is 1.82. The van der Waals surface area contributed by atoms with Crippen LogP contribution in [0.1, 0.15) is 32.3 Å². The number of carbonyl (C=O) groups excluding carboxylic acids is 1. The number of thiophene rings is 1. The van der Waals surface area contributed by atoms with Gasteiger partial charge in [-0.2, -0.15) is 5.10 Å². The van der Waals surface area contributed by atoms with E-state index in [1.807, 2.05) is 46.0 Å². The normalized spacial score (nSPS) is 11.0. The molecule has 0 saturated heterocycles. The van der Waals surface area contributed by atoms with E-state index in [1.54, 1.807) is 16.0 Å². The molecule has 0 fully saturated rings. The molecule has 3 aromatic rings. The van der Waals surface area contributed by atoms with E-state index in [9.17, 15) is 4.79 Å². The van der Waals surface area contributed by atoms with E-state index >= 15 is 0 Å². The molecule has 3 heterocycles. The highest BCUT2D eigenvalue weighted by molar-refractivity contribution is 7.09. The first-order chi connectivity index (χ1) is 11.0. The van der Waals surface area contributed by atoms with Gasteiger partial charge < -0.3 is 9.88 Å². The number of hydrogen-bond donors (Lipinski definition) is 1. The Labute approximate surface area is 139 Å². The number of aromatic nitrogens is 3. The summed E-state index contributed by atoms with van der Waals surface area (Å²) < 4.78 is 3.85. The molecule has 0 aliphatic carbocycles. The molecule has 5 nitrogen and oxygen atoms in total. The first-order valence-electron chi connectivity index (χ1n) is 7.47. The molecule has 23 heavy (non-hydrogen) atoms. The summed E-state index contributed by atoms with van der Waals surface area (Å²) in [6.45, 7) is 6.73. The van der Waals surface area contributed by atoms with Crippen LogP contribution in [0.25, 0.3) is 0 Å². The Bertz CT molecular complexity index is 842. The fraction of sp³-hybridized carbons (Fsp3) is 0.294. The summed E-state index contributed by atoms with van der Waals surface area (Å²) in [6, 6.07) is 7.97. The number of anilines is 1. The zero-order chi connectivity index (χ0) is 16.6. The van der Waals surface area contributed by atoms with Crippen molar-refractivity contribution >= 4 is 23.1 Å². The molecule has 6 heteroatoms. The lowest BCUT2D eigenvalue weighted by Crippen LogP contribution is -2.15. The highest BCUT2D eigenvalue weighted by Crippen LogP contribution is 2.20. The molecule has 0 saturated carbocycles. The summed E-state index contributed by atoms with van der Waals surface area (Å²) in [5.74, 6) is 0.606. The van der Waals surface area contributed by atoms with Crippen molar-refractivity contribution in [3.63, 3.8) is 0 Å². The minimum atomic E-state index is -0.0986. The average molecular weight is 328 g/mol. The van der Waals surface area contributed by atoms with Gasteiger partial charge in [0.15, 0.2) is 0 Å². The number of carbonyl (C=O) groups is 1. The Hall–Kier alpha value is -2.34. The molecule has 1 N–H and O–H groups in total. The van der Waals surface area contributed by atoms with Gasteiger partial charge in [0.05, 0.1) is 17.8 Å². The first kappa shape index (κ1) is 15.6. The van der Waals surface area contributed by atoms with Crippen LogP contribution in [0.4, 0.5) is 5.82 Å². The molecule has 0 bridgehead atoms. The van der Waals surface area contributed by atoms with Crippen molar-refractivity contribution in [3.8, 4) is 0 Å². The van der Waals surface area contributed by atoms with E-state index in [1.165, 1.54) is 4.88 Å². The van der Waals surface area contributed by atoms with E-state index in [0.29, 0.717) is 11.4 Å². The molecule has 3 rings (SSSR count). The number of nitrogens with one attached hydrogen (secondary N) is 1. The van der Waals surface area contributed by atoms with Gasteiger partial charge in [-0.05, 0) is 38.3 Å². The standard InChI is InChI=1S/C17H20N4OS/c1-11-8-16(20(4)19-11)18-17(22)15-9-12(2)21(13(15)3)10-14-6-5-7-23-14/h5-9H,10H2,1-4H3,(H,18,22). The van der Waals surface area contributed by atoms with Crippen LogP contribution in [-0.4, -0.2) is 20.3 Å². The predicted octanol–water partition coefficient (Wildman–Crippen LogP) is 3.51. The number of aryl methyl sites for hydroxylation is 3. The van der Waals surface area contributed by atoms with Crippen LogP contribution in [0.15, 0.2) is 29.6 Å². The summed E-state index contributed by atoms with van der Waals surface area (Å²) in [4.78, 5) is 13.9. The van der Waals surface area contributed by atoms with Crippen LogP contribution >= 0.6 is 11.3 Å². The van der Waals surface area contributed by atoms with Crippen molar-refractivity contribution in [3.05, 3.63) is 57.2 Å². The zero-order valence-electron chi connectivity index (χ0n) is 13.8. The van der Waals surface area contributed by atoms with Gasteiger partial charge in [-0.25, -0.2) is 0 Å². The molecule has 0 aromatic carbocycles. The summed E-state index contributed by atoms with van der Waals surface area (Å²) in [5.41, 5.74) is 3.65. The fourth-order valence-corrected chi connectivity index (χ4v) is 3.44. The van der Waals surface area contributed by atoms with Crippen LogP contribution in [0.5, 0.6) is 0 Å². The lowest BCUT2D eigenvalue weighted by Gasteiger charge is -2.09. The predicted molar refractivity (Wildman–Crippen MR) is 93.2 cm³/mol. The molecule has 0 aliphatic rings. The first-order valence-corrected chi connectivity index (χ1v) is 8.35. The highest BCUT2D eigenvalue weighted by atomic mass is 32.1. The van der Waals surface area contributed by atoms with Crippen molar-refractivity contribution in [2.24, 2.45) is 7.05 Å². The van der Waals surface area contributed by atoms with Gasteiger partial charge in [0, 0.05) is 29.4 Å². The average Bonchev–Trinajstić information content (AvgIpc) is 3.17. The molecule has 0 aliphatic heterocycles. The van der Waals surface area contributed by atoms with E-state index < -0.39 is 0 Å². The number of amides is 1. The number of hydrogen-bond acceptors (Lipinski definition) is 3. The van der Waals surface area contributed by atoms with Crippen LogP contribution in [-0.2, 0) is 13.6 Å².